The molecule has 2 rings (SSSR count). The summed E-state index contributed by atoms with van der Waals surface area (Å²) in [5.74, 6) is -0.169. The number of halogens is 1. The van der Waals surface area contributed by atoms with Crippen molar-refractivity contribution in [1.29, 1.82) is 0 Å². The minimum absolute atomic E-state index is 0.169. The topological polar surface area (TPSA) is 29.3 Å². The molecule has 1 fully saturated rings. The van der Waals surface area contributed by atoms with E-state index in [1.165, 1.54) is 17.7 Å². The molecular weight excluding hydrogens is 203 g/mol. The second kappa shape index (κ2) is 4.93. The summed E-state index contributed by atoms with van der Waals surface area (Å²) in [6.07, 6.45) is 2.12. The monoisotopic (exact) mass is 222 g/mol. The van der Waals surface area contributed by atoms with Gasteiger partial charge in [-0.3, -0.25) is 4.90 Å². The molecule has 1 heterocycles. The number of rotatable bonds is 2. The fourth-order valence-corrected chi connectivity index (χ4v) is 2.32. The van der Waals surface area contributed by atoms with Gasteiger partial charge in [0.05, 0.1) is 0 Å². The summed E-state index contributed by atoms with van der Waals surface area (Å²) in [4.78, 5) is 2.41. The average molecular weight is 222 g/mol. The Hall–Kier alpha value is -0.930. The van der Waals surface area contributed by atoms with Gasteiger partial charge >= 0.3 is 0 Å². The summed E-state index contributed by atoms with van der Waals surface area (Å²) < 4.78 is 12.8. The molecule has 0 amide bonds. The molecule has 1 saturated heterocycles. The summed E-state index contributed by atoms with van der Waals surface area (Å²) >= 11 is 0. The fourth-order valence-electron chi connectivity index (χ4n) is 2.32. The first-order valence-electron chi connectivity index (χ1n) is 5.89. The van der Waals surface area contributed by atoms with E-state index in [9.17, 15) is 4.39 Å². The zero-order valence-corrected chi connectivity index (χ0v) is 9.70. The van der Waals surface area contributed by atoms with Crippen molar-refractivity contribution in [1.82, 2.24) is 4.90 Å². The summed E-state index contributed by atoms with van der Waals surface area (Å²) in [5.41, 5.74) is 7.09. The molecule has 1 aromatic rings. The molecule has 3 heteroatoms. The largest absolute Gasteiger partial charge is 0.328 e. The highest BCUT2D eigenvalue weighted by molar-refractivity contribution is 5.16. The van der Waals surface area contributed by atoms with Gasteiger partial charge in [0.25, 0.3) is 0 Å². The maximum absolute atomic E-state index is 12.8. The van der Waals surface area contributed by atoms with Crippen LogP contribution in [0.2, 0.25) is 0 Å². The lowest BCUT2D eigenvalue weighted by molar-refractivity contribution is 0.140. The highest BCUT2D eigenvalue weighted by Crippen LogP contribution is 2.18. The Bertz CT molecular complexity index is 336. The molecule has 16 heavy (non-hydrogen) atoms. The maximum atomic E-state index is 12.8. The minimum Gasteiger partial charge on any atom is -0.328 e. The van der Waals surface area contributed by atoms with E-state index in [1.807, 2.05) is 12.1 Å². The van der Waals surface area contributed by atoms with Gasteiger partial charge < -0.3 is 5.73 Å². The number of piperidine rings is 1. The van der Waals surface area contributed by atoms with Crippen LogP contribution in [0, 0.1) is 5.82 Å². The van der Waals surface area contributed by atoms with Crippen molar-refractivity contribution >= 4 is 0 Å². The van der Waals surface area contributed by atoms with E-state index in [2.05, 4.69) is 11.8 Å². The van der Waals surface area contributed by atoms with Gasteiger partial charge in [-0.2, -0.15) is 0 Å². The Morgan fingerprint density at radius 1 is 1.38 bits per heavy atom. The van der Waals surface area contributed by atoms with Gasteiger partial charge in [-0.1, -0.05) is 12.1 Å². The smallest absolute Gasteiger partial charge is 0.123 e. The van der Waals surface area contributed by atoms with Crippen LogP contribution in [0.5, 0.6) is 0 Å². The molecule has 0 radical (unpaired) electrons. The van der Waals surface area contributed by atoms with Crippen LogP contribution >= 0.6 is 0 Å². The highest BCUT2D eigenvalue weighted by Gasteiger charge is 2.22. The number of hydrogen-bond acceptors (Lipinski definition) is 2. The maximum Gasteiger partial charge on any atom is 0.123 e. The number of nitrogens with two attached hydrogens (primary N) is 1. The Morgan fingerprint density at radius 3 is 2.69 bits per heavy atom. The second-order valence-corrected chi connectivity index (χ2v) is 4.73. The SMILES string of the molecule is CC1CC(N)CCN1Cc1ccc(F)cc1. The molecule has 2 nitrogen and oxygen atoms in total. The standard InChI is InChI=1S/C13H19FN2/c1-10-8-13(15)6-7-16(10)9-11-2-4-12(14)5-3-11/h2-5,10,13H,6-9,15H2,1H3. The van der Waals surface area contributed by atoms with Gasteiger partial charge in [0.2, 0.25) is 0 Å². The van der Waals surface area contributed by atoms with Crippen LogP contribution in [0.3, 0.4) is 0 Å². The molecule has 1 aromatic carbocycles. The lowest BCUT2D eigenvalue weighted by atomic mass is 9.98. The van der Waals surface area contributed by atoms with Gasteiger partial charge in [-0.05, 0) is 37.5 Å². The number of hydrogen-bond donors (Lipinski definition) is 1. The Kier molecular flexibility index (Phi) is 3.56. The summed E-state index contributed by atoms with van der Waals surface area (Å²) in [5, 5.41) is 0. The highest BCUT2D eigenvalue weighted by atomic mass is 19.1. The van der Waals surface area contributed by atoms with Crippen LogP contribution in [0.1, 0.15) is 25.3 Å². The van der Waals surface area contributed by atoms with Gasteiger partial charge in [0, 0.05) is 25.2 Å². The van der Waals surface area contributed by atoms with Crippen molar-refractivity contribution in [2.45, 2.75) is 38.4 Å². The van der Waals surface area contributed by atoms with Crippen molar-refractivity contribution in [3.05, 3.63) is 35.6 Å². The van der Waals surface area contributed by atoms with Gasteiger partial charge in [0.1, 0.15) is 5.82 Å². The van der Waals surface area contributed by atoms with E-state index in [4.69, 9.17) is 5.73 Å². The zero-order chi connectivity index (χ0) is 11.5. The number of benzene rings is 1. The molecular formula is C13H19FN2. The number of likely N-dealkylation sites (tertiary alicyclic amines) is 1. The van der Waals surface area contributed by atoms with Crippen LogP contribution < -0.4 is 5.73 Å². The third kappa shape index (κ3) is 2.80. The summed E-state index contributed by atoms with van der Waals surface area (Å²) in [6.45, 7) is 4.15. The first-order chi connectivity index (χ1) is 7.65. The van der Waals surface area contributed by atoms with Crippen LogP contribution in [-0.2, 0) is 6.54 Å². The third-order valence-corrected chi connectivity index (χ3v) is 3.35. The summed E-state index contributed by atoms with van der Waals surface area (Å²) in [7, 11) is 0. The fraction of sp³-hybridized carbons (Fsp3) is 0.538. The van der Waals surface area contributed by atoms with Gasteiger partial charge in [-0.25, -0.2) is 4.39 Å². The Morgan fingerprint density at radius 2 is 2.06 bits per heavy atom. The van der Waals surface area contributed by atoms with E-state index < -0.39 is 0 Å². The van der Waals surface area contributed by atoms with Gasteiger partial charge in [0.15, 0.2) is 0 Å². The first kappa shape index (κ1) is 11.6. The molecule has 88 valence electrons. The molecule has 0 aliphatic carbocycles. The predicted molar refractivity (Wildman–Crippen MR) is 63.5 cm³/mol. The van der Waals surface area contributed by atoms with Crippen LogP contribution in [0.15, 0.2) is 24.3 Å². The molecule has 1 aliphatic rings. The van der Waals surface area contributed by atoms with Crippen LogP contribution in [-0.4, -0.2) is 23.5 Å². The molecule has 1 aliphatic heterocycles. The van der Waals surface area contributed by atoms with E-state index in [-0.39, 0.29) is 5.82 Å². The first-order valence-corrected chi connectivity index (χ1v) is 5.89. The van der Waals surface area contributed by atoms with Crippen molar-refractivity contribution in [2.75, 3.05) is 6.54 Å². The lowest BCUT2D eigenvalue weighted by Crippen LogP contribution is -2.44. The van der Waals surface area contributed by atoms with E-state index >= 15 is 0 Å². The Labute approximate surface area is 96.2 Å². The van der Waals surface area contributed by atoms with E-state index in [0.717, 1.165) is 25.9 Å². The molecule has 0 spiro atoms. The van der Waals surface area contributed by atoms with Crippen molar-refractivity contribution in [3.8, 4) is 0 Å². The zero-order valence-electron chi connectivity index (χ0n) is 9.70. The second-order valence-electron chi connectivity index (χ2n) is 4.73. The molecule has 0 bridgehead atoms. The van der Waals surface area contributed by atoms with Crippen molar-refractivity contribution < 1.29 is 4.39 Å². The third-order valence-electron chi connectivity index (χ3n) is 3.35. The molecule has 2 unspecified atom stereocenters. The van der Waals surface area contributed by atoms with Crippen LogP contribution in [0.4, 0.5) is 4.39 Å². The normalized spacial score (nSPS) is 26.9. The summed E-state index contributed by atoms with van der Waals surface area (Å²) in [6, 6.07) is 7.63. The molecule has 0 aromatic heterocycles. The van der Waals surface area contributed by atoms with E-state index in [1.54, 1.807) is 0 Å². The lowest BCUT2D eigenvalue weighted by Gasteiger charge is -2.36. The molecule has 0 saturated carbocycles. The molecule has 2 atom stereocenters. The minimum atomic E-state index is -0.169. The van der Waals surface area contributed by atoms with Crippen molar-refractivity contribution in [2.24, 2.45) is 5.73 Å². The van der Waals surface area contributed by atoms with E-state index in [0.29, 0.717) is 12.1 Å². The molecule has 2 N–H and O–H groups in total. The van der Waals surface area contributed by atoms with Gasteiger partial charge in [-0.15, -0.1) is 0 Å². The average Bonchev–Trinajstić information content (AvgIpc) is 2.25. The number of nitrogens with zero attached hydrogens (tertiary/aromatic N) is 1. The quantitative estimate of drug-likeness (QED) is 0.830. The van der Waals surface area contributed by atoms with Crippen LogP contribution in [0.25, 0.3) is 0 Å². The Balaban J connectivity index is 1.96. The predicted octanol–water partition coefficient (Wildman–Crippen LogP) is 2.14. The van der Waals surface area contributed by atoms with Crippen molar-refractivity contribution in [3.63, 3.8) is 0 Å².